The molecule has 4 atom stereocenters. The van der Waals surface area contributed by atoms with Crippen molar-refractivity contribution in [2.45, 2.75) is 57.8 Å². The first kappa shape index (κ1) is 38.7. The van der Waals surface area contributed by atoms with Crippen LogP contribution in [-0.4, -0.2) is 0 Å². The van der Waals surface area contributed by atoms with Crippen molar-refractivity contribution in [2.75, 3.05) is 0 Å². The minimum Gasteiger partial charge on any atom is -0.0842 e. The second kappa shape index (κ2) is 15.2. The summed E-state index contributed by atoms with van der Waals surface area (Å²) in [6, 6.07) is 44.5. The van der Waals surface area contributed by atoms with Crippen LogP contribution in [0.3, 0.4) is 0 Å². The summed E-state index contributed by atoms with van der Waals surface area (Å²) in [5, 5.41) is 5.59. The topological polar surface area (TPSA) is 0 Å². The standard InChI is InChI=1S/C65H54/c1-65(2)59-27-15-14-18-49(59)50-37-36-48(40-60(50)65)64-57-25-12-8-21-53(57)62(54-22-9-13-26-58(54)64)43-30-28-41(29-31-43)44-32-33-46-39-47(35-34-45(46)38-44)63-55-23-10-6-19-51(55)61(42-16-4-3-5-17-42)52-20-7-11-24-56(52)63/h3-4,6-16,18-31,34-35,38-40,51,53,55,57H,5,17,32-33,36-37H2,1-2H3. The Morgan fingerprint density at radius 3 is 1.66 bits per heavy atom. The quantitative estimate of drug-likeness (QED) is 0.165. The maximum atomic E-state index is 2.60. The van der Waals surface area contributed by atoms with Crippen molar-refractivity contribution in [2.24, 2.45) is 23.7 Å². The van der Waals surface area contributed by atoms with Gasteiger partial charge < -0.3 is 0 Å². The van der Waals surface area contributed by atoms with Crippen LogP contribution in [0.1, 0.15) is 84.9 Å². The number of fused-ring (bicyclic) bond motifs is 7. The van der Waals surface area contributed by atoms with Gasteiger partial charge in [0.05, 0.1) is 0 Å². The zero-order valence-corrected chi connectivity index (χ0v) is 37.5. The van der Waals surface area contributed by atoms with Crippen LogP contribution in [-0.2, 0) is 11.8 Å². The van der Waals surface area contributed by atoms with Crippen LogP contribution >= 0.6 is 0 Å². The monoisotopic (exact) mass is 834 g/mol. The molecule has 13 rings (SSSR count). The summed E-state index contributed by atoms with van der Waals surface area (Å²) in [6.45, 7) is 4.84. The van der Waals surface area contributed by atoms with Crippen molar-refractivity contribution < 1.29 is 0 Å². The van der Waals surface area contributed by atoms with E-state index in [2.05, 4.69) is 208 Å². The summed E-state index contributed by atoms with van der Waals surface area (Å²) in [4.78, 5) is 0. The van der Waals surface area contributed by atoms with Gasteiger partial charge in [0, 0.05) is 29.1 Å². The Morgan fingerprint density at radius 2 is 1.00 bits per heavy atom. The molecule has 65 heavy (non-hydrogen) atoms. The highest BCUT2D eigenvalue weighted by molar-refractivity contribution is 5.90. The zero-order chi connectivity index (χ0) is 43.2. The van der Waals surface area contributed by atoms with Gasteiger partial charge in [0.2, 0.25) is 0 Å². The van der Waals surface area contributed by atoms with Gasteiger partial charge in [0.15, 0.2) is 0 Å². The average Bonchev–Trinajstić information content (AvgIpc) is 3.59. The molecule has 0 radical (unpaired) electrons. The molecule has 5 aromatic rings. The van der Waals surface area contributed by atoms with Crippen LogP contribution in [0.2, 0.25) is 0 Å². The predicted octanol–water partition coefficient (Wildman–Crippen LogP) is 12.4. The van der Waals surface area contributed by atoms with Crippen molar-refractivity contribution in [1.82, 2.24) is 0 Å². The number of benzene rings is 5. The van der Waals surface area contributed by atoms with E-state index in [0.717, 1.165) is 38.5 Å². The highest BCUT2D eigenvalue weighted by Crippen LogP contribution is 2.53. The van der Waals surface area contributed by atoms with E-state index in [1.807, 2.05) is 0 Å². The maximum Gasteiger partial charge on any atom is 0.0155 e. The summed E-state index contributed by atoms with van der Waals surface area (Å²) in [6.07, 6.45) is 37.4. The summed E-state index contributed by atoms with van der Waals surface area (Å²) >= 11 is 0. The molecule has 0 saturated heterocycles. The Kier molecular flexibility index (Phi) is 9.03. The summed E-state index contributed by atoms with van der Waals surface area (Å²) in [5.74, 6) is 1.26. The first-order valence-electron chi connectivity index (χ1n) is 24.2. The molecule has 8 aliphatic rings. The molecule has 5 aromatic carbocycles. The smallest absolute Gasteiger partial charge is 0.0155 e. The normalized spacial score (nSPS) is 24.0. The van der Waals surface area contributed by atoms with Crippen LogP contribution in [0.15, 0.2) is 205 Å². The Balaban J connectivity index is 0.862. The molecular formula is C65H54. The molecule has 0 heterocycles. The molecule has 0 heteroatoms. The van der Waals surface area contributed by atoms with E-state index in [1.165, 1.54) is 104 Å². The van der Waals surface area contributed by atoms with Gasteiger partial charge >= 0.3 is 0 Å². The van der Waals surface area contributed by atoms with Crippen molar-refractivity contribution in [1.29, 1.82) is 0 Å². The lowest BCUT2D eigenvalue weighted by atomic mass is 9.68. The SMILES string of the molecule is CC1(C)C2=C(CCC(C3=c4ccccc4=C(c4ccc(C5=Cc6ccc(C7=c8ccccc8=C(C8=CC=CCC8)C8C=CC=CC78)cc6CC5)cc4)C4C=CC=CC34)=C2)c2ccccc21. The van der Waals surface area contributed by atoms with Gasteiger partial charge in [0.1, 0.15) is 0 Å². The fourth-order valence-electron chi connectivity index (χ4n) is 13.2. The fourth-order valence-corrected chi connectivity index (χ4v) is 13.2. The van der Waals surface area contributed by atoms with Crippen molar-refractivity contribution in [3.05, 3.63) is 265 Å². The molecule has 0 fully saturated rings. The lowest BCUT2D eigenvalue weighted by Gasteiger charge is -2.35. The van der Waals surface area contributed by atoms with Crippen LogP contribution in [0.4, 0.5) is 0 Å². The first-order valence-corrected chi connectivity index (χ1v) is 24.2. The molecule has 0 bridgehead atoms. The van der Waals surface area contributed by atoms with Gasteiger partial charge in [-0.3, -0.25) is 0 Å². The second-order valence-electron chi connectivity index (χ2n) is 19.9. The zero-order valence-electron chi connectivity index (χ0n) is 37.5. The third kappa shape index (κ3) is 6.10. The van der Waals surface area contributed by atoms with Gasteiger partial charge in [-0.25, -0.2) is 0 Å². The molecule has 8 aliphatic carbocycles. The van der Waals surface area contributed by atoms with E-state index < -0.39 is 0 Å². The summed E-state index contributed by atoms with van der Waals surface area (Å²) < 4.78 is 0. The molecular weight excluding hydrogens is 781 g/mol. The van der Waals surface area contributed by atoms with Gasteiger partial charge in [-0.05, 0) is 149 Å². The van der Waals surface area contributed by atoms with Crippen LogP contribution in [0, 0.1) is 23.7 Å². The Hall–Kier alpha value is -6.76. The predicted molar refractivity (Wildman–Crippen MR) is 273 cm³/mol. The highest BCUT2D eigenvalue weighted by atomic mass is 14.4. The molecule has 0 aliphatic heterocycles. The average molecular weight is 835 g/mol. The van der Waals surface area contributed by atoms with E-state index in [-0.39, 0.29) is 11.3 Å². The number of hydrogen-bond donors (Lipinski definition) is 0. The van der Waals surface area contributed by atoms with Gasteiger partial charge in [-0.15, -0.1) is 0 Å². The lowest BCUT2D eigenvalue weighted by Crippen LogP contribution is -2.40. The minimum atomic E-state index is 0.00965. The number of allylic oxidation sites excluding steroid dienone is 17. The van der Waals surface area contributed by atoms with E-state index in [0.29, 0.717) is 17.8 Å². The molecule has 0 saturated carbocycles. The van der Waals surface area contributed by atoms with Gasteiger partial charge in [0.25, 0.3) is 0 Å². The third-order valence-corrected chi connectivity index (χ3v) is 16.2. The van der Waals surface area contributed by atoms with Crippen LogP contribution in [0.25, 0.3) is 39.5 Å². The molecule has 0 spiro atoms. The highest BCUT2D eigenvalue weighted by Gasteiger charge is 2.40. The summed E-state index contributed by atoms with van der Waals surface area (Å²) in [5.41, 5.74) is 23.3. The number of hydrogen-bond acceptors (Lipinski definition) is 0. The van der Waals surface area contributed by atoms with E-state index >= 15 is 0 Å². The van der Waals surface area contributed by atoms with Crippen LogP contribution < -0.4 is 20.9 Å². The lowest BCUT2D eigenvalue weighted by molar-refractivity contribution is 0.647. The fraction of sp³-hybridized carbons (Fsp3) is 0.200. The van der Waals surface area contributed by atoms with Crippen LogP contribution in [0.5, 0.6) is 0 Å². The van der Waals surface area contributed by atoms with E-state index in [4.69, 9.17) is 0 Å². The second-order valence-corrected chi connectivity index (χ2v) is 19.9. The number of rotatable bonds is 5. The van der Waals surface area contributed by atoms with Crippen molar-refractivity contribution in [3.63, 3.8) is 0 Å². The third-order valence-electron chi connectivity index (χ3n) is 16.2. The summed E-state index contributed by atoms with van der Waals surface area (Å²) in [7, 11) is 0. The molecule has 0 amide bonds. The van der Waals surface area contributed by atoms with E-state index in [9.17, 15) is 0 Å². The number of aryl methyl sites for hydroxylation is 1. The minimum absolute atomic E-state index is 0.00965. The Labute approximate surface area is 383 Å². The maximum absolute atomic E-state index is 2.60. The molecule has 0 aromatic heterocycles. The molecule has 0 nitrogen and oxygen atoms in total. The molecule has 4 unspecified atom stereocenters. The first-order chi connectivity index (χ1) is 32.0. The van der Waals surface area contributed by atoms with Crippen molar-refractivity contribution >= 4 is 39.5 Å². The molecule has 314 valence electrons. The van der Waals surface area contributed by atoms with E-state index in [1.54, 1.807) is 5.57 Å². The largest absolute Gasteiger partial charge is 0.0842 e. The van der Waals surface area contributed by atoms with Gasteiger partial charge in [-0.2, -0.15) is 0 Å². The Morgan fingerprint density at radius 1 is 0.446 bits per heavy atom. The van der Waals surface area contributed by atoms with Crippen molar-refractivity contribution in [3.8, 4) is 0 Å². The van der Waals surface area contributed by atoms with Gasteiger partial charge in [-0.1, -0.05) is 208 Å². The Bertz CT molecular complexity index is 3440. The molecule has 0 N–H and O–H groups in total.